The SMILES string of the molecule is COc1cccc(OCc2ccc(Cl)cc2)c1C(C)N. The van der Waals surface area contributed by atoms with Gasteiger partial charge in [0.1, 0.15) is 18.1 Å². The van der Waals surface area contributed by atoms with Crippen LogP contribution in [0.2, 0.25) is 5.02 Å². The molecule has 0 spiro atoms. The second-order valence-corrected chi connectivity index (χ2v) is 5.01. The van der Waals surface area contributed by atoms with E-state index in [0.29, 0.717) is 11.6 Å². The Hall–Kier alpha value is -1.71. The van der Waals surface area contributed by atoms with E-state index in [-0.39, 0.29) is 6.04 Å². The molecule has 0 saturated carbocycles. The molecule has 0 amide bonds. The molecule has 20 heavy (non-hydrogen) atoms. The zero-order valence-electron chi connectivity index (χ0n) is 11.6. The smallest absolute Gasteiger partial charge is 0.128 e. The quantitative estimate of drug-likeness (QED) is 0.907. The molecule has 0 bridgehead atoms. The lowest BCUT2D eigenvalue weighted by Crippen LogP contribution is -2.10. The van der Waals surface area contributed by atoms with E-state index < -0.39 is 0 Å². The van der Waals surface area contributed by atoms with Crippen LogP contribution in [0, 0.1) is 0 Å². The highest BCUT2D eigenvalue weighted by atomic mass is 35.5. The fourth-order valence-electron chi connectivity index (χ4n) is 2.02. The highest BCUT2D eigenvalue weighted by Gasteiger charge is 2.14. The number of ether oxygens (including phenoxy) is 2. The summed E-state index contributed by atoms with van der Waals surface area (Å²) in [7, 11) is 1.63. The number of hydrogen-bond donors (Lipinski definition) is 1. The first-order valence-corrected chi connectivity index (χ1v) is 6.79. The van der Waals surface area contributed by atoms with Crippen LogP contribution in [-0.2, 0) is 6.61 Å². The molecule has 1 atom stereocenters. The molecule has 3 nitrogen and oxygen atoms in total. The Kier molecular flexibility index (Phi) is 4.88. The zero-order chi connectivity index (χ0) is 14.5. The maximum absolute atomic E-state index is 6.00. The van der Waals surface area contributed by atoms with Gasteiger partial charge in [0.2, 0.25) is 0 Å². The van der Waals surface area contributed by atoms with Gasteiger partial charge < -0.3 is 15.2 Å². The van der Waals surface area contributed by atoms with E-state index in [0.717, 1.165) is 22.6 Å². The van der Waals surface area contributed by atoms with Crippen molar-refractivity contribution < 1.29 is 9.47 Å². The minimum atomic E-state index is -0.161. The molecule has 2 N–H and O–H groups in total. The highest BCUT2D eigenvalue weighted by molar-refractivity contribution is 6.30. The van der Waals surface area contributed by atoms with E-state index in [1.54, 1.807) is 7.11 Å². The second kappa shape index (κ2) is 6.64. The summed E-state index contributed by atoms with van der Waals surface area (Å²) in [6.45, 7) is 2.37. The third-order valence-corrected chi connectivity index (χ3v) is 3.26. The first kappa shape index (κ1) is 14.7. The number of benzene rings is 2. The average Bonchev–Trinajstić information content (AvgIpc) is 2.46. The van der Waals surface area contributed by atoms with Crippen molar-refractivity contribution in [3.8, 4) is 11.5 Å². The first-order chi connectivity index (χ1) is 9.61. The Labute approximate surface area is 124 Å². The number of methoxy groups -OCH3 is 1. The van der Waals surface area contributed by atoms with E-state index >= 15 is 0 Å². The summed E-state index contributed by atoms with van der Waals surface area (Å²) in [5.74, 6) is 1.49. The Morgan fingerprint density at radius 3 is 2.35 bits per heavy atom. The Morgan fingerprint density at radius 2 is 1.75 bits per heavy atom. The van der Waals surface area contributed by atoms with Crippen LogP contribution in [0.3, 0.4) is 0 Å². The molecule has 2 aromatic carbocycles. The first-order valence-electron chi connectivity index (χ1n) is 6.41. The van der Waals surface area contributed by atoms with Gasteiger partial charge in [0.15, 0.2) is 0 Å². The summed E-state index contributed by atoms with van der Waals surface area (Å²) < 4.78 is 11.2. The van der Waals surface area contributed by atoms with Gasteiger partial charge in [-0.2, -0.15) is 0 Å². The molecule has 0 heterocycles. The van der Waals surface area contributed by atoms with E-state index in [9.17, 15) is 0 Å². The monoisotopic (exact) mass is 291 g/mol. The maximum atomic E-state index is 6.00. The summed E-state index contributed by atoms with van der Waals surface area (Å²) in [4.78, 5) is 0. The van der Waals surface area contributed by atoms with Crippen LogP contribution in [0.15, 0.2) is 42.5 Å². The van der Waals surface area contributed by atoms with Gasteiger partial charge in [0, 0.05) is 11.1 Å². The number of hydrogen-bond acceptors (Lipinski definition) is 3. The summed E-state index contributed by atoms with van der Waals surface area (Å²) >= 11 is 5.86. The fourth-order valence-corrected chi connectivity index (χ4v) is 2.14. The zero-order valence-corrected chi connectivity index (χ0v) is 12.4. The molecule has 0 aliphatic carbocycles. The molecule has 0 saturated heterocycles. The average molecular weight is 292 g/mol. The predicted molar refractivity (Wildman–Crippen MR) is 81.4 cm³/mol. The maximum Gasteiger partial charge on any atom is 0.128 e. The van der Waals surface area contributed by atoms with Crippen LogP contribution in [0.4, 0.5) is 0 Å². The third kappa shape index (κ3) is 3.44. The van der Waals surface area contributed by atoms with Gasteiger partial charge in [-0.1, -0.05) is 29.8 Å². The highest BCUT2D eigenvalue weighted by Crippen LogP contribution is 2.33. The molecule has 0 aliphatic heterocycles. The van der Waals surface area contributed by atoms with Crippen molar-refractivity contribution in [3.63, 3.8) is 0 Å². The van der Waals surface area contributed by atoms with Crippen molar-refractivity contribution in [1.82, 2.24) is 0 Å². The van der Waals surface area contributed by atoms with Crippen molar-refractivity contribution in [2.75, 3.05) is 7.11 Å². The van der Waals surface area contributed by atoms with Crippen LogP contribution in [0.1, 0.15) is 24.1 Å². The molecule has 4 heteroatoms. The van der Waals surface area contributed by atoms with Crippen LogP contribution in [0.25, 0.3) is 0 Å². The molecule has 2 rings (SSSR count). The molecular weight excluding hydrogens is 274 g/mol. The largest absolute Gasteiger partial charge is 0.496 e. The Morgan fingerprint density at radius 1 is 1.10 bits per heavy atom. The van der Waals surface area contributed by atoms with Crippen molar-refractivity contribution in [2.45, 2.75) is 19.6 Å². The second-order valence-electron chi connectivity index (χ2n) is 4.58. The van der Waals surface area contributed by atoms with Gasteiger partial charge in [-0.3, -0.25) is 0 Å². The lowest BCUT2D eigenvalue weighted by atomic mass is 10.1. The Balaban J connectivity index is 2.18. The lowest BCUT2D eigenvalue weighted by Gasteiger charge is -2.17. The fraction of sp³-hybridized carbons (Fsp3) is 0.250. The van der Waals surface area contributed by atoms with E-state index in [1.807, 2.05) is 49.4 Å². The van der Waals surface area contributed by atoms with Crippen LogP contribution in [-0.4, -0.2) is 7.11 Å². The molecule has 0 aromatic heterocycles. The van der Waals surface area contributed by atoms with E-state index in [1.165, 1.54) is 0 Å². The van der Waals surface area contributed by atoms with Crippen LogP contribution < -0.4 is 15.2 Å². The molecule has 0 fully saturated rings. The molecule has 1 unspecified atom stereocenters. The van der Waals surface area contributed by atoms with E-state index in [2.05, 4.69) is 0 Å². The summed E-state index contributed by atoms with van der Waals surface area (Å²) in [6, 6.07) is 13.1. The minimum absolute atomic E-state index is 0.161. The summed E-state index contributed by atoms with van der Waals surface area (Å²) in [5.41, 5.74) is 7.93. The lowest BCUT2D eigenvalue weighted by molar-refractivity contribution is 0.297. The van der Waals surface area contributed by atoms with Crippen molar-refractivity contribution >= 4 is 11.6 Å². The third-order valence-electron chi connectivity index (χ3n) is 3.01. The predicted octanol–water partition coefficient (Wildman–Crippen LogP) is 3.95. The normalized spacial score (nSPS) is 12.0. The minimum Gasteiger partial charge on any atom is -0.496 e. The van der Waals surface area contributed by atoms with Gasteiger partial charge in [0.05, 0.1) is 12.7 Å². The number of nitrogens with two attached hydrogens (primary N) is 1. The van der Waals surface area contributed by atoms with Crippen molar-refractivity contribution in [3.05, 3.63) is 58.6 Å². The van der Waals surface area contributed by atoms with Gasteiger partial charge in [-0.05, 0) is 36.8 Å². The van der Waals surface area contributed by atoms with E-state index in [4.69, 9.17) is 26.8 Å². The van der Waals surface area contributed by atoms with Crippen molar-refractivity contribution in [1.29, 1.82) is 0 Å². The van der Waals surface area contributed by atoms with Crippen molar-refractivity contribution in [2.24, 2.45) is 5.73 Å². The van der Waals surface area contributed by atoms with Gasteiger partial charge >= 0.3 is 0 Å². The van der Waals surface area contributed by atoms with Gasteiger partial charge in [0.25, 0.3) is 0 Å². The van der Waals surface area contributed by atoms with Gasteiger partial charge in [-0.25, -0.2) is 0 Å². The Bertz CT molecular complexity index is 567. The molecule has 2 aromatic rings. The topological polar surface area (TPSA) is 44.5 Å². The molecule has 0 aliphatic rings. The van der Waals surface area contributed by atoms with Crippen LogP contribution in [0.5, 0.6) is 11.5 Å². The molecular formula is C16H18ClNO2. The molecule has 0 radical (unpaired) electrons. The number of halogens is 1. The standard InChI is InChI=1S/C16H18ClNO2/c1-11(18)16-14(19-2)4-3-5-15(16)20-10-12-6-8-13(17)9-7-12/h3-9,11H,10,18H2,1-2H3. The summed E-state index contributed by atoms with van der Waals surface area (Å²) in [5, 5.41) is 0.714. The molecule has 106 valence electrons. The van der Waals surface area contributed by atoms with Crippen LogP contribution >= 0.6 is 11.6 Å². The number of rotatable bonds is 5. The summed E-state index contributed by atoms with van der Waals surface area (Å²) in [6.07, 6.45) is 0. The van der Waals surface area contributed by atoms with Gasteiger partial charge in [-0.15, -0.1) is 0 Å².